The van der Waals surface area contributed by atoms with Gasteiger partial charge in [0.05, 0.1) is 0 Å². The summed E-state index contributed by atoms with van der Waals surface area (Å²) in [6, 6.07) is 12.9. The number of Topliss-reactive ketones (excluding diaryl/α,β-unsaturated/α-hetero) is 2. The number of hydrogen-bond acceptors (Lipinski definition) is 2. The maximum atomic E-state index is 15.4. The van der Waals surface area contributed by atoms with Gasteiger partial charge >= 0.3 is 0 Å². The van der Waals surface area contributed by atoms with Crippen molar-refractivity contribution in [1.82, 2.24) is 0 Å². The van der Waals surface area contributed by atoms with Gasteiger partial charge in [-0.3, -0.25) is 9.59 Å². The van der Waals surface area contributed by atoms with E-state index in [0.717, 1.165) is 31.2 Å². The Balaban J connectivity index is 0.000000279. The number of benzene rings is 5. The highest BCUT2D eigenvalue weighted by molar-refractivity contribution is 7.20. The van der Waals surface area contributed by atoms with Gasteiger partial charge < -0.3 is 0 Å². The van der Waals surface area contributed by atoms with E-state index in [9.17, 15) is 62.3 Å². The molecule has 6 aromatic rings. The summed E-state index contributed by atoms with van der Waals surface area (Å²) in [6.07, 6.45) is 0.779. The molecule has 1 heterocycles. The zero-order chi connectivity index (χ0) is 49.7. The zero-order valence-corrected chi connectivity index (χ0v) is 32.7. The van der Waals surface area contributed by atoms with Crippen LogP contribution in [0.3, 0.4) is 0 Å². The molecule has 352 valence electrons. The van der Waals surface area contributed by atoms with E-state index in [-0.39, 0.29) is 17.5 Å². The minimum Gasteiger partial charge on any atom is -0.294 e. The van der Waals surface area contributed by atoms with Crippen LogP contribution in [-0.2, 0) is 6.54 Å². The molecule has 0 radical (unpaired) electrons. The summed E-state index contributed by atoms with van der Waals surface area (Å²) >= 11 is 0. The molecule has 1 saturated carbocycles. The lowest BCUT2D eigenvalue weighted by molar-refractivity contribution is -0.683. The van der Waals surface area contributed by atoms with E-state index in [1.54, 1.807) is 0 Å². The van der Waals surface area contributed by atoms with E-state index in [1.165, 1.54) is 0 Å². The number of rotatable bonds is 9. The fourth-order valence-electron chi connectivity index (χ4n) is 7.91. The molecule has 0 amide bonds. The van der Waals surface area contributed by atoms with E-state index >= 15 is 35.1 Å². The second-order valence-corrected chi connectivity index (χ2v) is 14.7. The summed E-state index contributed by atoms with van der Waals surface area (Å²) in [5.74, 6) is -70.9. The smallest absolute Gasteiger partial charge is 0.227 e. The molecule has 1 aromatic heterocycles. The van der Waals surface area contributed by atoms with Gasteiger partial charge in [0.1, 0.15) is 52.7 Å². The molecule has 0 aliphatic heterocycles. The van der Waals surface area contributed by atoms with Crippen LogP contribution in [0, 0.1) is 122 Å². The lowest BCUT2D eigenvalue weighted by Crippen LogP contribution is -2.81. The lowest BCUT2D eigenvalue weighted by atomic mass is 9.12. The normalized spacial score (nSPS) is 13.0. The van der Waals surface area contributed by atoms with Crippen LogP contribution >= 0.6 is 0 Å². The van der Waals surface area contributed by atoms with Crippen molar-refractivity contribution in [2.24, 2.45) is 5.92 Å². The number of carbonyl (C=O) groups excluding carboxylic acids is 2. The van der Waals surface area contributed by atoms with Crippen molar-refractivity contribution in [3.05, 3.63) is 182 Å². The monoisotopic (exact) mass is 973 g/mol. The van der Waals surface area contributed by atoms with Crippen LogP contribution in [-0.4, -0.2) is 17.7 Å². The van der Waals surface area contributed by atoms with E-state index in [0.29, 0.717) is 12.1 Å². The van der Waals surface area contributed by atoms with Crippen LogP contribution < -0.4 is 26.4 Å². The summed E-state index contributed by atoms with van der Waals surface area (Å²) in [5.41, 5.74) is -12.9. The molecule has 67 heavy (non-hydrogen) atoms. The second kappa shape index (κ2) is 18.9. The molecule has 5 aromatic carbocycles. The third-order valence-corrected chi connectivity index (χ3v) is 11.0. The average Bonchev–Trinajstić information content (AvgIpc) is 3.87. The lowest BCUT2D eigenvalue weighted by Gasteiger charge is -2.44. The van der Waals surface area contributed by atoms with Gasteiger partial charge in [-0.15, -0.1) is 21.9 Å². The number of ketones is 2. The molecular weight excluding hydrogens is 953 g/mol. The highest BCUT2D eigenvalue weighted by Gasteiger charge is 2.52. The second-order valence-electron chi connectivity index (χ2n) is 14.7. The van der Waals surface area contributed by atoms with Crippen molar-refractivity contribution < 1.29 is 102 Å². The van der Waals surface area contributed by atoms with Crippen molar-refractivity contribution in [2.75, 3.05) is 0 Å². The molecule has 0 saturated heterocycles. The van der Waals surface area contributed by atoms with E-state index in [1.807, 2.05) is 59.4 Å². The molecule has 0 atom stereocenters. The maximum absolute atomic E-state index is 15.4. The first-order valence-electron chi connectivity index (χ1n) is 18.8. The highest BCUT2D eigenvalue weighted by atomic mass is 19.2. The Labute approximate surface area is 361 Å². The van der Waals surface area contributed by atoms with Gasteiger partial charge in [-0.05, 0) is 12.8 Å². The fourth-order valence-corrected chi connectivity index (χ4v) is 7.91. The summed E-state index contributed by atoms with van der Waals surface area (Å²) in [5, 5.41) is 0. The number of halogens is 20. The summed E-state index contributed by atoms with van der Waals surface area (Å²) in [6.45, 7) is 0.294. The van der Waals surface area contributed by atoms with Crippen molar-refractivity contribution in [1.29, 1.82) is 0 Å². The Kier molecular flexibility index (Phi) is 14.0. The Hall–Kier alpha value is -6.75. The predicted octanol–water partition coefficient (Wildman–Crippen LogP) is 9.08. The Morgan fingerprint density at radius 2 is 0.657 bits per heavy atom. The molecule has 3 nitrogen and oxygen atoms in total. The first-order chi connectivity index (χ1) is 31.4. The molecule has 1 aliphatic rings. The average molecular weight is 973 g/mol. The quantitative estimate of drug-likeness (QED) is 0.0363. The van der Waals surface area contributed by atoms with E-state index in [2.05, 4.69) is 0 Å². The van der Waals surface area contributed by atoms with Gasteiger partial charge in [0.25, 0.3) is 0 Å². The van der Waals surface area contributed by atoms with Crippen molar-refractivity contribution in [3.8, 4) is 0 Å². The SMILES string of the molecule is Fc1c(F)c(F)c([B-](c2c(F)c(F)c(F)c(F)c2F)(c2c(F)c(F)c(F)c(F)c2F)c2c(F)c(F)c(F)c(F)c2F)c(F)c1F.O=C(C[n+]1ccc(C(=O)C2CCCC2)cc1)c1ccccc1. The largest absolute Gasteiger partial charge is 0.294 e. The van der Waals surface area contributed by atoms with Crippen LogP contribution in [0.4, 0.5) is 87.8 Å². The number of pyridine rings is 1. The molecule has 0 N–H and O–H groups in total. The topological polar surface area (TPSA) is 38.0 Å². The van der Waals surface area contributed by atoms with Gasteiger partial charge in [0.2, 0.25) is 12.3 Å². The highest BCUT2D eigenvalue weighted by Crippen LogP contribution is 2.31. The number of hydrogen-bond donors (Lipinski definition) is 0. The van der Waals surface area contributed by atoms with Crippen molar-refractivity contribution in [2.45, 2.75) is 32.2 Å². The van der Waals surface area contributed by atoms with Gasteiger partial charge in [-0.1, -0.05) is 43.2 Å². The Bertz CT molecular complexity index is 2600. The molecule has 0 unspecified atom stereocenters. The van der Waals surface area contributed by atoms with Crippen LogP contribution in [0.5, 0.6) is 0 Å². The van der Waals surface area contributed by atoms with Gasteiger partial charge in [-0.2, -0.15) is 4.57 Å². The number of carbonyl (C=O) groups is 2. The molecule has 1 fully saturated rings. The Morgan fingerprint density at radius 1 is 0.388 bits per heavy atom. The third-order valence-electron chi connectivity index (χ3n) is 11.0. The van der Waals surface area contributed by atoms with Gasteiger partial charge in [0.15, 0.2) is 88.0 Å². The zero-order valence-electron chi connectivity index (χ0n) is 32.7. The van der Waals surface area contributed by atoms with Crippen molar-refractivity contribution >= 4 is 39.6 Å². The van der Waals surface area contributed by atoms with Gasteiger partial charge in [0, 0.05) is 29.2 Å². The van der Waals surface area contributed by atoms with Crippen LogP contribution in [0.15, 0.2) is 54.9 Å². The Morgan fingerprint density at radius 3 is 0.940 bits per heavy atom. The van der Waals surface area contributed by atoms with E-state index in [4.69, 9.17) is 0 Å². The first kappa shape index (κ1) is 49.7. The molecule has 7 rings (SSSR count). The summed E-state index contributed by atoms with van der Waals surface area (Å²) in [4.78, 5) is 24.5. The summed E-state index contributed by atoms with van der Waals surface area (Å²) in [7, 11) is 0. The standard InChI is InChI=1S/C24BF20.C19H20NO2/c26-5-1(6(27)14(35)21(42)13(5)34)25(2-7(28)15(36)22(43)16(37)8(2)29,3-9(30)17(38)23(44)18(39)10(3)31)4-11(32)19(40)24(45)20(41)12(4)33;21-18(15-6-2-1-3-7-15)14-20-12-10-17(11-13-20)19(22)16-8-4-5-9-16/h;1-3,6-7,10-13,16H,4-5,8-9,14H2/q-1;+1. The van der Waals surface area contributed by atoms with Gasteiger partial charge in [-0.25, -0.2) is 87.8 Å². The first-order valence-corrected chi connectivity index (χ1v) is 18.8. The minimum absolute atomic E-state index is 0.0699. The third kappa shape index (κ3) is 8.16. The van der Waals surface area contributed by atoms with Crippen LogP contribution in [0.2, 0.25) is 0 Å². The molecule has 0 spiro atoms. The predicted molar refractivity (Wildman–Crippen MR) is 193 cm³/mol. The summed E-state index contributed by atoms with van der Waals surface area (Å²) < 4.78 is 296. The van der Waals surface area contributed by atoms with Crippen LogP contribution in [0.25, 0.3) is 0 Å². The molecule has 24 heteroatoms. The van der Waals surface area contributed by atoms with E-state index < -0.39 is 144 Å². The minimum atomic E-state index is -7.22. The number of nitrogens with zero attached hydrogens (tertiary/aromatic N) is 1. The maximum Gasteiger partial charge on any atom is 0.227 e. The molecule has 0 bridgehead atoms. The van der Waals surface area contributed by atoms with Crippen molar-refractivity contribution in [3.63, 3.8) is 0 Å². The fraction of sp³-hybridized carbons (Fsp3) is 0.140. The molecular formula is C43H20BF20NO2. The number of aromatic nitrogens is 1. The molecule has 1 aliphatic carbocycles. The van der Waals surface area contributed by atoms with Crippen LogP contribution in [0.1, 0.15) is 46.4 Å².